The summed E-state index contributed by atoms with van der Waals surface area (Å²) in [7, 11) is 0. The maximum Gasteiger partial charge on any atom is 0.310 e. The predicted molar refractivity (Wildman–Crippen MR) is 69.4 cm³/mol. The standard InChI is InChI=1S/C15H20O3/c1-12-6-2-3-7-13(12)10-15(16)18-11-14-8-4-5-9-17-14/h2-3,6-7,14H,4-5,8-11H2,1H3. The maximum absolute atomic E-state index is 11.7. The highest BCUT2D eigenvalue weighted by molar-refractivity contribution is 5.73. The molecule has 3 nitrogen and oxygen atoms in total. The van der Waals surface area contributed by atoms with Gasteiger partial charge in [0.15, 0.2) is 0 Å². The Balaban J connectivity index is 1.76. The van der Waals surface area contributed by atoms with E-state index in [1.807, 2.05) is 31.2 Å². The first-order chi connectivity index (χ1) is 8.75. The number of rotatable bonds is 4. The number of aryl methyl sites for hydroxylation is 1. The Morgan fingerprint density at radius 1 is 1.39 bits per heavy atom. The fraction of sp³-hybridized carbons (Fsp3) is 0.533. The van der Waals surface area contributed by atoms with Crippen LogP contribution in [0.25, 0.3) is 0 Å². The number of esters is 1. The van der Waals surface area contributed by atoms with Gasteiger partial charge in [-0.25, -0.2) is 0 Å². The number of hydrogen-bond acceptors (Lipinski definition) is 3. The fourth-order valence-electron chi connectivity index (χ4n) is 2.14. The molecule has 2 rings (SSSR count). The lowest BCUT2D eigenvalue weighted by Gasteiger charge is -2.22. The van der Waals surface area contributed by atoms with Crippen LogP contribution in [0.5, 0.6) is 0 Å². The Kier molecular flexibility index (Phi) is 4.76. The Morgan fingerprint density at radius 3 is 2.94 bits per heavy atom. The summed E-state index contributed by atoms with van der Waals surface area (Å²) in [5.41, 5.74) is 2.16. The molecule has 3 heteroatoms. The van der Waals surface area contributed by atoms with E-state index in [1.165, 1.54) is 6.42 Å². The molecule has 1 heterocycles. The molecule has 0 bridgehead atoms. The van der Waals surface area contributed by atoms with Gasteiger partial charge in [-0.15, -0.1) is 0 Å². The van der Waals surface area contributed by atoms with Gasteiger partial charge in [0.05, 0.1) is 12.5 Å². The van der Waals surface area contributed by atoms with Crippen molar-refractivity contribution < 1.29 is 14.3 Å². The van der Waals surface area contributed by atoms with Crippen molar-refractivity contribution in [2.45, 2.75) is 38.7 Å². The summed E-state index contributed by atoms with van der Waals surface area (Å²) in [4.78, 5) is 11.7. The van der Waals surface area contributed by atoms with Crippen molar-refractivity contribution >= 4 is 5.97 Å². The summed E-state index contributed by atoms with van der Waals surface area (Å²) in [6.45, 7) is 3.19. The van der Waals surface area contributed by atoms with Gasteiger partial charge in [-0.1, -0.05) is 24.3 Å². The van der Waals surface area contributed by atoms with Crippen molar-refractivity contribution in [3.05, 3.63) is 35.4 Å². The molecule has 1 saturated heterocycles. The molecule has 1 aliphatic heterocycles. The second-order valence-corrected chi connectivity index (χ2v) is 4.77. The second-order valence-electron chi connectivity index (χ2n) is 4.77. The maximum atomic E-state index is 11.7. The van der Waals surface area contributed by atoms with Crippen LogP contribution in [0.2, 0.25) is 0 Å². The van der Waals surface area contributed by atoms with Gasteiger partial charge < -0.3 is 9.47 Å². The zero-order chi connectivity index (χ0) is 12.8. The second kappa shape index (κ2) is 6.55. The van der Waals surface area contributed by atoms with E-state index in [0.29, 0.717) is 13.0 Å². The van der Waals surface area contributed by atoms with Crippen LogP contribution in [-0.2, 0) is 20.7 Å². The van der Waals surface area contributed by atoms with Gasteiger partial charge in [0.1, 0.15) is 6.61 Å². The van der Waals surface area contributed by atoms with Crippen LogP contribution in [0.15, 0.2) is 24.3 Å². The van der Waals surface area contributed by atoms with Crippen LogP contribution in [-0.4, -0.2) is 25.3 Å². The average molecular weight is 248 g/mol. The lowest BCUT2D eigenvalue weighted by molar-refractivity contribution is -0.148. The van der Waals surface area contributed by atoms with E-state index >= 15 is 0 Å². The first-order valence-corrected chi connectivity index (χ1v) is 6.57. The quantitative estimate of drug-likeness (QED) is 0.768. The number of ether oxygens (including phenoxy) is 2. The molecule has 0 saturated carbocycles. The Hall–Kier alpha value is -1.35. The molecule has 0 amide bonds. The first kappa shape index (κ1) is 13.1. The van der Waals surface area contributed by atoms with E-state index in [4.69, 9.17) is 9.47 Å². The van der Waals surface area contributed by atoms with Crippen LogP contribution in [0.4, 0.5) is 0 Å². The fourth-order valence-corrected chi connectivity index (χ4v) is 2.14. The third-order valence-corrected chi connectivity index (χ3v) is 3.30. The van der Waals surface area contributed by atoms with Gasteiger partial charge in [0.25, 0.3) is 0 Å². The molecule has 0 aliphatic carbocycles. The van der Waals surface area contributed by atoms with Crippen molar-refractivity contribution in [2.75, 3.05) is 13.2 Å². The summed E-state index contributed by atoms with van der Waals surface area (Å²) >= 11 is 0. The first-order valence-electron chi connectivity index (χ1n) is 6.57. The molecule has 1 unspecified atom stereocenters. The lowest BCUT2D eigenvalue weighted by atomic mass is 10.1. The summed E-state index contributed by atoms with van der Waals surface area (Å²) in [5.74, 6) is -0.168. The molecule has 0 aromatic heterocycles. The predicted octanol–water partition coefficient (Wildman–Crippen LogP) is 2.65. The summed E-state index contributed by atoms with van der Waals surface area (Å²) in [6.07, 6.45) is 3.73. The van der Waals surface area contributed by atoms with Crippen molar-refractivity contribution in [3.63, 3.8) is 0 Å². The Morgan fingerprint density at radius 2 is 2.22 bits per heavy atom. The smallest absolute Gasteiger partial charge is 0.310 e. The van der Waals surface area contributed by atoms with Gasteiger partial charge in [-0.2, -0.15) is 0 Å². The summed E-state index contributed by atoms with van der Waals surface area (Å²) < 4.78 is 10.8. The topological polar surface area (TPSA) is 35.5 Å². The van der Waals surface area contributed by atoms with Gasteiger partial charge >= 0.3 is 5.97 Å². The molecule has 1 aromatic rings. The van der Waals surface area contributed by atoms with E-state index in [0.717, 1.165) is 30.6 Å². The minimum Gasteiger partial charge on any atom is -0.463 e. The molecule has 0 N–H and O–H groups in total. The van der Waals surface area contributed by atoms with Crippen molar-refractivity contribution in [3.8, 4) is 0 Å². The number of carbonyl (C=O) groups excluding carboxylic acids is 1. The minimum atomic E-state index is -0.168. The molecule has 0 radical (unpaired) electrons. The largest absolute Gasteiger partial charge is 0.463 e. The minimum absolute atomic E-state index is 0.0968. The van der Waals surface area contributed by atoms with Crippen LogP contribution < -0.4 is 0 Å². The number of hydrogen-bond donors (Lipinski definition) is 0. The highest BCUT2D eigenvalue weighted by atomic mass is 16.6. The lowest BCUT2D eigenvalue weighted by Crippen LogP contribution is -2.26. The van der Waals surface area contributed by atoms with Gasteiger partial charge in [-0.05, 0) is 37.3 Å². The normalized spacial score (nSPS) is 19.5. The van der Waals surface area contributed by atoms with Crippen molar-refractivity contribution in [1.29, 1.82) is 0 Å². The molecule has 1 aliphatic rings. The SMILES string of the molecule is Cc1ccccc1CC(=O)OCC1CCCCO1. The van der Waals surface area contributed by atoms with Gasteiger partial charge in [0.2, 0.25) is 0 Å². The molecule has 1 atom stereocenters. The van der Waals surface area contributed by atoms with Crippen LogP contribution in [0.3, 0.4) is 0 Å². The highest BCUT2D eigenvalue weighted by Gasteiger charge is 2.16. The average Bonchev–Trinajstić information content (AvgIpc) is 2.40. The monoisotopic (exact) mass is 248 g/mol. The molecule has 98 valence electrons. The van der Waals surface area contributed by atoms with E-state index in [-0.39, 0.29) is 12.1 Å². The highest BCUT2D eigenvalue weighted by Crippen LogP contribution is 2.13. The third-order valence-electron chi connectivity index (χ3n) is 3.30. The van der Waals surface area contributed by atoms with Gasteiger partial charge in [0, 0.05) is 6.61 Å². The van der Waals surface area contributed by atoms with E-state index in [9.17, 15) is 4.79 Å². The van der Waals surface area contributed by atoms with Crippen molar-refractivity contribution in [2.24, 2.45) is 0 Å². The van der Waals surface area contributed by atoms with E-state index in [1.54, 1.807) is 0 Å². The number of carbonyl (C=O) groups is 1. The summed E-state index contributed by atoms with van der Waals surface area (Å²) in [6, 6.07) is 7.89. The molecule has 18 heavy (non-hydrogen) atoms. The van der Waals surface area contributed by atoms with Crippen LogP contribution in [0.1, 0.15) is 30.4 Å². The van der Waals surface area contributed by atoms with E-state index < -0.39 is 0 Å². The zero-order valence-corrected chi connectivity index (χ0v) is 10.9. The summed E-state index contributed by atoms with van der Waals surface area (Å²) in [5, 5.41) is 0. The van der Waals surface area contributed by atoms with Crippen LogP contribution >= 0.6 is 0 Å². The molecule has 1 fully saturated rings. The Bertz CT molecular complexity index is 394. The molecule has 0 spiro atoms. The number of benzene rings is 1. The molecular weight excluding hydrogens is 228 g/mol. The van der Waals surface area contributed by atoms with E-state index in [2.05, 4.69) is 0 Å². The Labute approximate surface area is 108 Å². The van der Waals surface area contributed by atoms with Crippen molar-refractivity contribution in [1.82, 2.24) is 0 Å². The van der Waals surface area contributed by atoms with Crippen LogP contribution in [0, 0.1) is 6.92 Å². The van der Waals surface area contributed by atoms with Gasteiger partial charge in [-0.3, -0.25) is 4.79 Å². The molecular formula is C15H20O3. The third kappa shape index (κ3) is 3.84. The molecule has 1 aromatic carbocycles. The zero-order valence-electron chi connectivity index (χ0n) is 10.9.